The third-order valence-electron chi connectivity index (χ3n) is 5.01. The number of nitrogens with zero attached hydrogens (tertiary/aromatic N) is 2. The lowest BCUT2D eigenvalue weighted by Crippen LogP contribution is -2.43. The van der Waals surface area contributed by atoms with Crippen molar-refractivity contribution in [1.29, 1.82) is 0 Å². The Labute approximate surface area is 169 Å². The minimum atomic E-state index is 0.157. The van der Waals surface area contributed by atoms with Crippen molar-refractivity contribution in [3.05, 3.63) is 53.9 Å². The first-order valence-electron chi connectivity index (χ1n) is 10.2. The molecule has 5 heteroatoms. The van der Waals surface area contributed by atoms with Gasteiger partial charge in [-0.25, -0.2) is 0 Å². The fraction of sp³-hybridized carbons (Fsp3) is 0.522. The molecule has 0 fully saturated rings. The zero-order valence-electron chi connectivity index (χ0n) is 17.9. The van der Waals surface area contributed by atoms with Crippen LogP contribution in [-0.2, 0) is 17.9 Å². The molecular formula is C23H35N3O2. The molecule has 1 N–H and O–H groups in total. The van der Waals surface area contributed by atoms with Crippen molar-refractivity contribution in [2.24, 2.45) is 5.92 Å². The second kappa shape index (κ2) is 10.9. The molecule has 2 rings (SSSR count). The third-order valence-corrected chi connectivity index (χ3v) is 5.01. The Bertz CT molecular complexity index is 739. The number of nitrogens with one attached hydrogen (secondary N) is 1. The van der Waals surface area contributed by atoms with Crippen LogP contribution in [0.25, 0.3) is 0 Å². The Hall–Kier alpha value is -2.27. The number of methoxy groups -OCH3 is 1. The van der Waals surface area contributed by atoms with Gasteiger partial charge in [0.1, 0.15) is 5.75 Å². The number of aromatic nitrogens is 1. The quantitative estimate of drug-likeness (QED) is 0.638. The molecule has 0 radical (unpaired) electrons. The summed E-state index contributed by atoms with van der Waals surface area (Å²) in [6.07, 6.45) is 3.01. The van der Waals surface area contributed by atoms with E-state index in [0.717, 1.165) is 31.0 Å². The molecule has 0 saturated heterocycles. The number of hydrogen-bond donors (Lipinski definition) is 1. The van der Waals surface area contributed by atoms with Gasteiger partial charge in [-0.05, 0) is 55.6 Å². The summed E-state index contributed by atoms with van der Waals surface area (Å²) < 4.78 is 7.54. The molecule has 0 spiro atoms. The van der Waals surface area contributed by atoms with Crippen LogP contribution >= 0.6 is 0 Å². The van der Waals surface area contributed by atoms with Gasteiger partial charge in [-0.15, -0.1) is 0 Å². The maximum absolute atomic E-state index is 12.8. The van der Waals surface area contributed by atoms with E-state index >= 15 is 0 Å². The van der Waals surface area contributed by atoms with E-state index in [1.165, 1.54) is 5.56 Å². The molecule has 1 aromatic carbocycles. The normalized spacial score (nSPS) is 12.2. The predicted octanol–water partition coefficient (Wildman–Crippen LogP) is 3.92. The molecular weight excluding hydrogens is 350 g/mol. The van der Waals surface area contributed by atoms with Crippen LogP contribution in [-0.4, -0.2) is 41.6 Å². The first kappa shape index (κ1) is 22.0. The molecule has 28 heavy (non-hydrogen) atoms. The minimum absolute atomic E-state index is 0.157. The number of benzene rings is 1. The number of ether oxygens (including phenoxy) is 1. The lowest BCUT2D eigenvalue weighted by molar-refractivity contribution is -0.133. The molecule has 0 aliphatic carbocycles. The first-order valence-corrected chi connectivity index (χ1v) is 10.2. The Kier molecular flexibility index (Phi) is 8.58. The van der Waals surface area contributed by atoms with E-state index in [2.05, 4.69) is 62.0 Å². The van der Waals surface area contributed by atoms with E-state index < -0.39 is 0 Å². The van der Waals surface area contributed by atoms with Gasteiger partial charge in [0.25, 0.3) is 0 Å². The summed E-state index contributed by atoms with van der Waals surface area (Å²) in [6, 6.07) is 12.5. The van der Waals surface area contributed by atoms with E-state index in [0.29, 0.717) is 19.0 Å². The summed E-state index contributed by atoms with van der Waals surface area (Å²) in [7, 11) is 1.68. The van der Waals surface area contributed by atoms with Crippen molar-refractivity contribution in [2.75, 3.05) is 20.2 Å². The van der Waals surface area contributed by atoms with Gasteiger partial charge in [-0.3, -0.25) is 4.79 Å². The number of amides is 1. The maximum atomic E-state index is 12.8. The largest absolute Gasteiger partial charge is 0.497 e. The zero-order valence-corrected chi connectivity index (χ0v) is 17.9. The zero-order chi connectivity index (χ0) is 20.5. The Morgan fingerprint density at radius 3 is 2.68 bits per heavy atom. The molecule has 0 bridgehead atoms. The van der Waals surface area contributed by atoms with Crippen LogP contribution in [0.2, 0.25) is 0 Å². The van der Waals surface area contributed by atoms with Gasteiger partial charge in [0, 0.05) is 24.5 Å². The van der Waals surface area contributed by atoms with E-state index in [9.17, 15) is 4.79 Å². The van der Waals surface area contributed by atoms with Crippen molar-refractivity contribution in [3.63, 3.8) is 0 Å². The Balaban J connectivity index is 2.10. The molecule has 1 heterocycles. The van der Waals surface area contributed by atoms with Gasteiger partial charge in [0.2, 0.25) is 5.91 Å². The van der Waals surface area contributed by atoms with Crippen molar-refractivity contribution in [3.8, 4) is 5.75 Å². The second-order valence-corrected chi connectivity index (χ2v) is 7.78. The van der Waals surface area contributed by atoms with Gasteiger partial charge in [0.15, 0.2) is 0 Å². The molecule has 0 aliphatic heterocycles. The van der Waals surface area contributed by atoms with E-state index in [1.807, 2.05) is 23.1 Å². The van der Waals surface area contributed by atoms with Crippen LogP contribution < -0.4 is 10.1 Å². The van der Waals surface area contributed by atoms with Crippen LogP contribution in [0.3, 0.4) is 0 Å². The molecule has 0 saturated carbocycles. The summed E-state index contributed by atoms with van der Waals surface area (Å²) in [6.45, 7) is 11.2. The Morgan fingerprint density at radius 1 is 1.21 bits per heavy atom. The highest BCUT2D eigenvalue weighted by Crippen LogP contribution is 2.17. The molecule has 5 nitrogen and oxygen atoms in total. The van der Waals surface area contributed by atoms with Crippen molar-refractivity contribution in [2.45, 2.75) is 53.2 Å². The minimum Gasteiger partial charge on any atom is -0.497 e. The van der Waals surface area contributed by atoms with Gasteiger partial charge in [-0.1, -0.05) is 32.9 Å². The molecule has 154 valence electrons. The Morgan fingerprint density at radius 2 is 2.00 bits per heavy atom. The van der Waals surface area contributed by atoms with Crippen molar-refractivity contribution in [1.82, 2.24) is 14.8 Å². The van der Waals surface area contributed by atoms with Crippen LogP contribution in [0.15, 0.2) is 42.6 Å². The molecule has 1 unspecified atom stereocenters. The smallest absolute Gasteiger partial charge is 0.237 e. The average Bonchev–Trinajstić information content (AvgIpc) is 3.11. The lowest BCUT2D eigenvalue weighted by Gasteiger charge is -2.29. The van der Waals surface area contributed by atoms with Gasteiger partial charge in [-0.2, -0.15) is 0 Å². The van der Waals surface area contributed by atoms with E-state index in [1.54, 1.807) is 7.11 Å². The third kappa shape index (κ3) is 6.41. The highest BCUT2D eigenvalue weighted by Gasteiger charge is 2.20. The van der Waals surface area contributed by atoms with Crippen LogP contribution in [0.4, 0.5) is 0 Å². The van der Waals surface area contributed by atoms with Crippen molar-refractivity contribution < 1.29 is 9.53 Å². The fourth-order valence-electron chi connectivity index (χ4n) is 3.17. The lowest BCUT2D eigenvalue weighted by atomic mass is 10.2. The number of hydrogen-bond acceptors (Lipinski definition) is 3. The number of carbonyl (C=O) groups is 1. The predicted molar refractivity (Wildman–Crippen MR) is 115 cm³/mol. The molecule has 1 atom stereocenters. The SMILES string of the molecule is CCC(C)N(Cc1cccn1Cc1cccc(OC)c1)C(=O)CNCC(C)C. The highest BCUT2D eigenvalue weighted by molar-refractivity contribution is 5.78. The van der Waals surface area contributed by atoms with Gasteiger partial charge < -0.3 is 19.5 Å². The van der Waals surface area contributed by atoms with Gasteiger partial charge >= 0.3 is 0 Å². The van der Waals surface area contributed by atoms with E-state index in [-0.39, 0.29) is 11.9 Å². The second-order valence-electron chi connectivity index (χ2n) is 7.78. The highest BCUT2D eigenvalue weighted by atomic mass is 16.5. The molecule has 0 aliphatic rings. The summed E-state index contributed by atoms with van der Waals surface area (Å²) in [5.41, 5.74) is 2.32. The maximum Gasteiger partial charge on any atom is 0.237 e. The topological polar surface area (TPSA) is 46.5 Å². The van der Waals surface area contributed by atoms with Crippen LogP contribution in [0, 0.1) is 5.92 Å². The summed E-state index contributed by atoms with van der Waals surface area (Å²) >= 11 is 0. The number of rotatable bonds is 11. The first-order chi connectivity index (χ1) is 13.4. The monoisotopic (exact) mass is 385 g/mol. The fourth-order valence-corrected chi connectivity index (χ4v) is 3.17. The standard InChI is InChI=1S/C23H35N3O2/c1-6-19(4)26(23(27)15-24-14-18(2)3)17-21-10-8-12-25(21)16-20-9-7-11-22(13-20)28-5/h7-13,18-19,24H,6,14-17H2,1-5H3. The van der Waals surface area contributed by atoms with Gasteiger partial charge in [0.05, 0.1) is 20.2 Å². The molecule has 1 aromatic heterocycles. The van der Waals surface area contributed by atoms with Crippen molar-refractivity contribution >= 4 is 5.91 Å². The van der Waals surface area contributed by atoms with E-state index in [4.69, 9.17) is 4.74 Å². The molecule has 2 aromatic rings. The average molecular weight is 386 g/mol. The van der Waals surface area contributed by atoms with Crippen LogP contribution in [0.1, 0.15) is 45.4 Å². The summed E-state index contributed by atoms with van der Waals surface area (Å²) in [5, 5.41) is 3.28. The summed E-state index contributed by atoms with van der Waals surface area (Å²) in [4.78, 5) is 14.8. The summed E-state index contributed by atoms with van der Waals surface area (Å²) in [5.74, 6) is 1.55. The number of carbonyl (C=O) groups excluding carboxylic acids is 1. The van der Waals surface area contributed by atoms with Crippen LogP contribution in [0.5, 0.6) is 5.75 Å². The molecule has 1 amide bonds.